The van der Waals surface area contributed by atoms with Gasteiger partial charge in [-0.2, -0.15) is 0 Å². The Labute approximate surface area is 442 Å². The quantitative estimate of drug-likeness (QED) is 0.0174. The molecule has 4 aromatic carbocycles. The van der Waals surface area contributed by atoms with Gasteiger partial charge in [0.1, 0.15) is 29.0 Å². The number of carbonyl (C=O) groups is 2. The van der Waals surface area contributed by atoms with E-state index in [1.807, 2.05) is 0 Å². The number of hydrogen-bond acceptors (Lipinski definition) is 17. The Kier molecular flexibility index (Phi) is 20.4. The Bertz CT molecular complexity index is 3380. The molecule has 1 amide bonds. The zero-order chi connectivity index (χ0) is 54.0. The highest BCUT2D eigenvalue weighted by atomic mass is 79.9. The first-order valence-electron chi connectivity index (χ1n) is 22.0. The number of rotatable bonds is 19. The van der Waals surface area contributed by atoms with Crippen molar-refractivity contribution < 1.29 is 45.5 Å². The lowest BCUT2D eigenvalue weighted by molar-refractivity contribution is -0.119. The van der Waals surface area contributed by atoms with Crippen molar-refractivity contribution in [1.29, 1.82) is 5.41 Å². The Morgan fingerprint density at radius 2 is 1.21 bits per heavy atom. The molecule has 0 aliphatic rings. The van der Waals surface area contributed by atoms with Crippen molar-refractivity contribution in [1.82, 2.24) is 45.4 Å². The molecule has 8 aromatic rings. The van der Waals surface area contributed by atoms with E-state index in [2.05, 4.69) is 78.4 Å². The number of benzene rings is 4. The molecule has 0 radical (unpaired) electrons. The van der Waals surface area contributed by atoms with E-state index in [4.69, 9.17) is 46.8 Å². The minimum atomic E-state index is -0.811. The number of hydrogen-bond donors (Lipinski definition) is 5. The first-order valence-corrected chi connectivity index (χ1v) is 24.0. The van der Waals surface area contributed by atoms with Crippen molar-refractivity contribution in [2.24, 2.45) is 16.5 Å². The minimum Gasteiger partial charge on any atom is -0.388 e. The fraction of sp³-hybridized carbons (Fsp3) is 0.217. The van der Waals surface area contributed by atoms with Gasteiger partial charge in [0.15, 0.2) is 17.3 Å². The standard InChI is InChI=1S/C22H19BrF2N8O4.C16H16BrFN6O3.C8H6ClFO/c23-15-11-14(6-7-16(15)25)33-20(32-36-22(33)35)18-19(31-37-30-18)27-8-1-9-28-21(26)29-17(34)10-12-2-4-13(24)5-3-12;17-10-8-9(6-7-11(10)18)24-15(23-26-16(24)25)14-12(21-27-22-14)4-2-1-3-5-13(19)20;9-8(11)5-6-1-3-7(10)4-2-6/h2-7,11H,1,8-10H2,(H,27,31)(H3,26,28,29,34);6-8H,1-5H2,(H3,19,20);1-4H,5H2. The van der Waals surface area contributed by atoms with Gasteiger partial charge >= 0.3 is 11.5 Å². The van der Waals surface area contributed by atoms with Gasteiger partial charge in [0.25, 0.3) is 0 Å². The van der Waals surface area contributed by atoms with Gasteiger partial charge in [-0.3, -0.25) is 34.4 Å². The smallest absolute Gasteiger partial charge is 0.388 e. The molecular weight excluding hydrogens is 1150 g/mol. The average Bonchev–Trinajstić information content (AvgIpc) is 4.20. The van der Waals surface area contributed by atoms with E-state index in [-0.39, 0.29) is 92.2 Å². The number of aliphatic imine (C=N–C) groups is 1. The number of nitrogens with two attached hydrogens (primary N) is 2. The molecule has 0 bridgehead atoms. The molecule has 0 fully saturated rings. The zero-order valence-electron chi connectivity index (χ0n) is 38.7. The van der Waals surface area contributed by atoms with E-state index in [0.29, 0.717) is 42.8 Å². The fourth-order valence-corrected chi connectivity index (χ4v) is 7.43. The molecule has 22 nitrogen and oxygen atoms in total. The highest BCUT2D eigenvalue weighted by Gasteiger charge is 2.24. The van der Waals surface area contributed by atoms with Crippen LogP contribution >= 0.6 is 43.5 Å². The van der Waals surface area contributed by atoms with E-state index in [1.165, 1.54) is 89.5 Å². The van der Waals surface area contributed by atoms with Gasteiger partial charge < -0.3 is 16.8 Å². The maximum absolute atomic E-state index is 13.6. The van der Waals surface area contributed by atoms with E-state index in [9.17, 15) is 36.7 Å². The predicted octanol–water partition coefficient (Wildman–Crippen LogP) is 7.34. The van der Waals surface area contributed by atoms with E-state index in [0.717, 1.165) is 29.4 Å². The van der Waals surface area contributed by atoms with Crippen LogP contribution in [-0.4, -0.2) is 76.1 Å². The first-order chi connectivity index (χ1) is 36.0. The molecule has 4 aromatic heterocycles. The number of nitrogens with one attached hydrogen (secondary N) is 3. The van der Waals surface area contributed by atoms with Gasteiger partial charge in [-0.1, -0.05) is 46.2 Å². The van der Waals surface area contributed by atoms with Gasteiger partial charge in [-0.05, 0) is 156 Å². The van der Waals surface area contributed by atoms with E-state index in [1.54, 1.807) is 0 Å². The highest BCUT2D eigenvalue weighted by Crippen LogP contribution is 2.27. The minimum absolute atomic E-state index is 0.00149. The molecule has 75 heavy (non-hydrogen) atoms. The second kappa shape index (κ2) is 27.3. The third-order valence-corrected chi connectivity index (χ3v) is 11.4. The van der Waals surface area contributed by atoms with Gasteiger partial charge in [0.2, 0.25) is 28.6 Å². The summed E-state index contributed by atoms with van der Waals surface area (Å²) in [6.07, 6.45) is 4.19. The van der Waals surface area contributed by atoms with Gasteiger partial charge in [0.05, 0.1) is 32.6 Å². The van der Waals surface area contributed by atoms with Gasteiger partial charge in [-0.15, -0.1) is 0 Å². The summed E-state index contributed by atoms with van der Waals surface area (Å²) in [5.74, 6) is -3.16. The van der Waals surface area contributed by atoms with Crippen LogP contribution in [0.2, 0.25) is 0 Å². The number of amides is 1. The van der Waals surface area contributed by atoms with E-state index < -0.39 is 28.4 Å². The molecule has 0 aliphatic heterocycles. The predicted molar refractivity (Wildman–Crippen MR) is 269 cm³/mol. The van der Waals surface area contributed by atoms with Crippen molar-refractivity contribution in [3.63, 3.8) is 0 Å². The molecule has 0 saturated carbocycles. The molecule has 0 atom stereocenters. The summed E-state index contributed by atoms with van der Waals surface area (Å²) in [5.41, 5.74) is 14.0. The van der Waals surface area contributed by atoms with Crippen molar-refractivity contribution in [3.8, 4) is 34.4 Å². The summed E-state index contributed by atoms with van der Waals surface area (Å²) in [7, 11) is 0. The van der Waals surface area contributed by atoms with Crippen LogP contribution in [0.4, 0.5) is 23.4 Å². The normalized spacial score (nSPS) is 11.1. The van der Waals surface area contributed by atoms with E-state index >= 15 is 0 Å². The average molecular weight is 1190 g/mol. The number of aromatic nitrogens is 8. The molecule has 8 rings (SSSR count). The molecule has 392 valence electrons. The third kappa shape index (κ3) is 16.4. The van der Waals surface area contributed by atoms with Crippen LogP contribution in [0.1, 0.15) is 48.9 Å². The summed E-state index contributed by atoms with van der Waals surface area (Å²) >= 11 is 11.3. The lowest BCUT2D eigenvalue weighted by atomic mass is 10.1. The molecule has 0 spiro atoms. The van der Waals surface area contributed by atoms with Crippen LogP contribution in [-0.2, 0) is 28.9 Å². The Balaban J connectivity index is 0.000000209. The van der Waals surface area contributed by atoms with Crippen LogP contribution in [0, 0.1) is 28.7 Å². The molecule has 29 heteroatoms. The lowest BCUT2D eigenvalue weighted by Gasteiger charge is -2.06. The Hall–Kier alpha value is -8.11. The summed E-state index contributed by atoms with van der Waals surface area (Å²) < 4.78 is 74.1. The number of amidine groups is 1. The molecular formula is C46H41Br2ClF4N14O8. The molecule has 7 N–H and O–H groups in total. The summed E-state index contributed by atoms with van der Waals surface area (Å²) in [4.78, 5) is 50.9. The number of guanidine groups is 1. The topological polar surface area (TPSA) is 320 Å². The van der Waals surface area contributed by atoms with Crippen LogP contribution in [0.3, 0.4) is 0 Å². The summed E-state index contributed by atoms with van der Waals surface area (Å²) in [6.45, 7) is 0.625. The zero-order valence-corrected chi connectivity index (χ0v) is 42.7. The molecule has 0 unspecified atom stereocenters. The van der Waals surface area contributed by atoms with Crippen molar-refractivity contribution in [2.45, 2.75) is 51.4 Å². The lowest BCUT2D eigenvalue weighted by Crippen LogP contribution is -2.37. The molecule has 0 aliphatic carbocycles. The molecule has 0 saturated heterocycles. The fourth-order valence-electron chi connectivity index (χ4n) is 6.54. The number of unbranched alkanes of at least 4 members (excludes halogenated alkanes) is 2. The van der Waals surface area contributed by atoms with Crippen LogP contribution in [0.5, 0.6) is 0 Å². The second-order valence-corrected chi connectivity index (χ2v) is 17.7. The van der Waals surface area contributed by atoms with Gasteiger partial charge in [-0.25, -0.2) is 45.5 Å². The molecule has 4 heterocycles. The highest BCUT2D eigenvalue weighted by molar-refractivity contribution is 9.10. The number of carbonyl (C=O) groups excluding carboxylic acids is 2. The number of anilines is 1. The van der Waals surface area contributed by atoms with Crippen LogP contribution < -0.4 is 33.6 Å². The Morgan fingerprint density at radius 1 is 0.680 bits per heavy atom. The number of nitrogens with zero attached hydrogens (tertiary/aromatic N) is 9. The number of aryl methyl sites for hydroxylation is 1. The van der Waals surface area contributed by atoms with Crippen molar-refractivity contribution in [2.75, 3.05) is 18.4 Å². The third-order valence-electron chi connectivity index (χ3n) is 10.1. The van der Waals surface area contributed by atoms with Crippen molar-refractivity contribution in [3.05, 3.63) is 155 Å². The maximum Gasteiger partial charge on any atom is 0.446 e. The Morgan fingerprint density at radius 3 is 1.76 bits per heavy atom. The number of halogens is 7. The van der Waals surface area contributed by atoms with Crippen LogP contribution in [0.25, 0.3) is 34.4 Å². The summed E-state index contributed by atoms with van der Waals surface area (Å²) in [5, 5.41) is 35.1. The second-order valence-electron chi connectivity index (χ2n) is 15.6. The van der Waals surface area contributed by atoms with Crippen molar-refractivity contribution >= 4 is 72.2 Å². The van der Waals surface area contributed by atoms with Gasteiger partial charge in [0, 0.05) is 25.9 Å². The maximum atomic E-state index is 13.6. The largest absolute Gasteiger partial charge is 0.446 e. The SMILES string of the molecule is N=C(N)CCCCCc1nonc1-c1noc(=O)n1-c1ccc(F)c(Br)c1.NC(=NCCCNc1nonc1-c1noc(=O)n1-c1ccc(F)c(Br)c1)NC(=O)Cc1ccc(F)cc1.O=C(Cl)Cc1ccc(F)cc1. The summed E-state index contributed by atoms with van der Waals surface area (Å²) in [6, 6.07) is 19.3. The van der Waals surface area contributed by atoms with Crippen LogP contribution in [0.15, 0.2) is 127 Å². The monoisotopic (exact) mass is 1190 g/mol. The first kappa shape index (κ1) is 56.2.